The number of nitrogens with one attached hydrogen (secondary N) is 1. The SMILES string of the molecule is CC(C)(C)n1c(CCCCCN)n[nH]c1=O. The lowest BCUT2D eigenvalue weighted by molar-refractivity contribution is 0.369. The molecule has 0 aliphatic rings. The zero-order valence-corrected chi connectivity index (χ0v) is 10.4. The van der Waals surface area contributed by atoms with Gasteiger partial charge < -0.3 is 5.73 Å². The monoisotopic (exact) mass is 226 g/mol. The third kappa shape index (κ3) is 3.20. The molecule has 0 fully saturated rings. The molecule has 1 rings (SSSR count). The lowest BCUT2D eigenvalue weighted by atomic mass is 10.1. The number of aryl methyl sites for hydroxylation is 1. The first-order valence-electron chi connectivity index (χ1n) is 5.83. The molecule has 3 N–H and O–H groups in total. The molecular formula is C11H22N4O. The van der Waals surface area contributed by atoms with Gasteiger partial charge in [0.2, 0.25) is 0 Å². The molecule has 0 bridgehead atoms. The summed E-state index contributed by atoms with van der Waals surface area (Å²) in [4.78, 5) is 11.6. The van der Waals surface area contributed by atoms with E-state index in [-0.39, 0.29) is 11.2 Å². The predicted octanol–water partition coefficient (Wildman–Crippen LogP) is 0.998. The maximum atomic E-state index is 11.6. The molecule has 92 valence electrons. The summed E-state index contributed by atoms with van der Waals surface area (Å²) in [5.74, 6) is 0.842. The Labute approximate surface area is 96.0 Å². The molecule has 16 heavy (non-hydrogen) atoms. The fraction of sp³-hybridized carbons (Fsp3) is 0.818. The number of aromatic amines is 1. The number of aromatic nitrogens is 3. The van der Waals surface area contributed by atoms with Gasteiger partial charge in [-0.1, -0.05) is 6.42 Å². The molecule has 1 aromatic heterocycles. The highest BCUT2D eigenvalue weighted by molar-refractivity contribution is 4.92. The Morgan fingerprint density at radius 3 is 2.56 bits per heavy atom. The second-order valence-corrected chi connectivity index (χ2v) is 5.05. The van der Waals surface area contributed by atoms with Crippen molar-refractivity contribution in [1.82, 2.24) is 14.8 Å². The van der Waals surface area contributed by atoms with E-state index in [1.165, 1.54) is 0 Å². The number of hydrogen-bond acceptors (Lipinski definition) is 3. The summed E-state index contributed by atoms with van der Waals surface area (Å²) in [6.07, 6.45) is 3.97. The second-order valence-electron chi connectivity index (χ2n) is 5.05. The van der Waals surface area contributed by atoms with Crippen LogP contribution in [-0.2, 0) is 12.0 Å². The smallest absolute Gasteiger partial charge is 0.330 e. The fourth-order valence-electron chi connectivity index (χ4n) is 1.79. The number of H-pyrrole nitrogens is 1. The number of nitrogens with zero attached hydrogens (tertiary/aromatic N) is 2. The van der Waals surface area contributed by atoms with Crippen molar-refractivity contribution in [3.63, 3.8) is 0 Å². The maximum Gasteiger partial charge on any atom is 0.343 e. The van der Waals surface area contributed by atoms with Gasteiger partial charge >= 0.3 is 5.69 Å². The molecule has 0 amide bonds. The van der Waals surface area contributed by atoms with E-state index in [0.717, 1.165) is 38.1 Å². The van der Waals surface area contributed by atoms with Gasteiger partial charge in [-0.2, -0.15) is 5.10 Å². The van der Waals surface area contributed by atoms with Gasteiger partial charge in [-0.15, -0.1) is 0 Å². The molecule has 0 aliphatic carbocycles. The van der Waals surface area contributed by atoms with Gasteiger partial charge in [0.1, 0.15) is 5.82 Å². The summed E-state index contributed by atoms with van der Waals surface area (Å²) < 4.78 is 1.73. The van der Waals surface area contributed by atoms with E-state index < -0.39 is 0 Å². The highest BCUT2D eigenvalue weighted by atomic mass is 16.1. The Morgan fingerprint density at radius 1 is 1.31 bits per heavy atom. The van der Waals surface area contributed by atoms with Gasteiger partial charge in [-0.05, 0) is 40.2 Å². The van der Waals surface area contributed by atoms with Crippen LogP contribution in [0.5, 0.6) is 0 Å². The van der Waals surface area contributed by atoms with E-state index in [4.69, 9.17) is 5.73 Å². The number of unbranched alkanes of at least 4 members (excludes halogenated alkanes) is 2. The summed E-state index contributed by atoms with van der Waals surface area (Å²) in [7, 11) is 0. The summed E-state index contributed by atoms with van der Waals surface area (Å²) >= 11 is 0. The molecule has 0 saturated carbocycles. The van der Waals surface area contributed by atoms with Crippen molar-refractivity contribution in [2.75, 3.05) is 6.54 Å². The first-order valence-corrected chi connectivity index (χ1v) is 5.83. The van der Waals surface area contributed by atoms with E-state index in [1.54, 1.807) is 4.57 Å². The standard InChI is InChI=1S/C11H22N4O/c1-11(2,3)15-9(13-14-10(15)16)7-5-4-6-8-12/h4-8,12H2,1-3H3,(H,14,16). The average Bonchev–Trinajstić information content (AvgIpc) is 2.54. The Balaban J connectivity index is 2.70. The molecule has 5 heteroatoms. The van der Waals surface area contributed by atoms with Crippen molar-refractivity contribution in [3.8, 4) is 0 Å². The lowest BCUT2D eigenvalue weighted by Gasteiger charge is -2.21. The van der Waals surface area contributed by atoms with Crippen molar-refractivity contribution < 1.29 is 0 Å². The summed E-state index contributed by atoms with van der Waals surface area (Å²) in [6, 6.07) is 0. The van der Waals surface area contributed by atoms with Crippen LogP contribution in [0, 0.1) is 0 Å². The number of rotatable bonds is 5. The molecule has 0 aliphatic heterocycles. The minimum atomic E-state index is -0.215. The highest BCUT2D eigenvalue weighted by Gasteiger charge is 2.20. The van der Waals surface area contributed by atoms with Crippen LogP contribution >= 0.6 is 0 Å². The van der Waals surface area contributed by atoms with E-state index >= 15 is 0 Å². The minimum absolute atomic E-state index is 0.124. The van der Waals surface area contributed by atoms with Crippen molar-refractivity contribution in [3.05, 3.63) is 16.3 Å². The maximum absolute atomic E-state index is 11.6. The molecule has 0 unspecified atom stereocenters. The van der Waals surface area contributed by atoms with E-state index in [9.17, 15) is 4.79 Å². The second kappa shape index (κ2) is 5.30. The van der Waals surface area contributed by atoms with Crippen molar-refractivity contribution >= 4 is 0 Å². The fourth-order valence-corrected chi connectivity index (χ4v) is 1.79. The first kappa shape index (κ1) is 13.0. The zero-order chi connectivity index (χ0) is 12.2. The van der Waals surface area contributed by atoms with Crippen molar-refractivity contribution in [2.24, 2.45) is 5.73 Å². The van der Waals surface area contributed by atoms with Crippen LogP contribution < -0.4 is 11.4 Å². The number of nitrogens with two attached hydrogens (primary N) is 1. The normalized spacial score (nSPS) is 12.0. The van der Waals surface area contributed by atoms with Crippen molar-refractivity contribution in [1.29, 1.82) is 0 Å². The van der Waals surface area contributed by atoms with Crippen LogP contribution in [0.2, 0.25) is 0 Å². The summed E-state index contributed by atoms with van der Waals surface area (Å²) in [5.41, 5.74) is 5.10. The number of hydrogen-bond donors (Lipinski definition) is 2. The van der Waals surface area contributed by atoms with Crippen molar-refractivity contribution in [2.45, 2.75) is 52.0 Å². The van der Waals surface area contributed by atoms with Crippen LogP contribution in [-0.4, -0.2) is 21.3 Å². The third-order valence-corrected chi connectivity index (χ3v) is 2.52. The van der Waals surface area contributed by atoms with Crippen LogP contribution in [0.15, 0.2) is 4.79 Å². The molecule has 0 atom stereocenters. The van der Waals surface area contributed by atoms with Crippen LogP contribution in [0.3, 0.4) is 0 Å². The molecule has 1 aromatic rings. The zero-order valence-electron chi connectivity index (χ0n) is 10.4. The van der Waals surface area contributed by atoms with E-state index in [2.05, 4.69) is 10.2 Å². The molecular weight excluding hydrogens is 204 g/mol. The Hall–Kier alpha value is -1.10. The first-order chi connectivity index (χ1) is 7.46. The molecule has 0 spiro atoms. The predicted molar refractivity (Wildman–Crippen MR) is 64.5 cm³/mol. The Morgan fingerprint density at radius 2 is 2.00 bits per heavy atom. The van der Waals surface area contributed by atoms with Crippen LogP contribution in [0.25, 0.3) is 0 Å². The molecule has 0 radical (unpaired) electrons. The Bertz CT molecular complexity index is 372. The van der Waals surface area contributed by atoms with E-state index in [0.29, 0.717) is 0 Å². The van der Waals surface area contributed by atoms with Gasteiger partial charge in [0.05, 0.1) is 0 Å². The molecule has 1 heterocycles. The molecule has 5 nitrogen and oxygen atoms in total. The Kier molecular flexibility index (Phi) is 4.29. The van der Waals surface area contributed by atoms with Crippen LogP contribution in [0.4, 0.5) is 0 Å². The minimum Gasteiger partial charge on any atom is -0.330 e. The topological polar surface area (TPSA) is 76.7 Å². The molecule has 0 saturated heterocycles. The van der Waals surface area contributed by atoms with Gasteiger partial charge in [0.15, 0.2) is 0 Å². The quantitative estimate of drug-likeness (QED) is 0.735. The van der Waals surface area contributed by atoms with Gasteiger partial charge in [0, 0.05) is 12.0 Å². The van der Waals surface area contributed by atoms with E-state index in [1.807, 2.05) is 20.8 Å². The lowest BCUT2D eigenvalue weighted by Crippen LogP contribution is -2.33. The largest absolute Gasteiger partial charge is 0.343 e. The van der Waals surface area contributed by atoms with Gasteiger partial charge in [-0.25, -0.2) is 9.89 Å². The summed E-state index contributed by atoms with van der Waals surface area (Å²) in [5, 5.41) is 6.59. The molecule has 0 aromatic carbocycles. The van der Waals surface area contributed by atoms with Gasteiger partial charge in [0.25, 0.3) is 0 Å². The third-order valence-electron chi connectivity index (χ3n) is 2.52. The highest BCUT2D eigenvalue weighted by Crippen LogP contribution is 2.14. The van der Waals surface area contributed by atoms with Crippen LogP contribution in [0.1, 0.15) is 45.9 Å². The summed E-state index contributed by atoms with van der Waals surface area (Å²) in [6.45, 7) is 6.75. The average molecular weight is 226 g/mol. The van der Waals surface area contributed by atoms with Gasteiger partial charge in [-0.3, -0.25) is 4.57 Å².